The molecule has 164 valence electrons. The molecule has 0 aliphatic heterocycles. The minimum Gasteiger partial charge on any atom is -0.466 e. The minimum absolute atomic E-state index is 0.0152. The summed E-state index contributed by atoms with van der Waals surface area (Å²) in [4.78, 5) is 11.1. The van der Waals surface area contributed by atoms with E-state index in [1.807, 2.05) is 0 Å². The summed E-state index contributed by atoms with van der Waals surface area (Å²) in [6.45, 7) is 0.914. The third kappa shape index (κ3) is 8.14. The van der Waals surface area contributed by atoms with Gasteiger partial charge in [0.1, 0.15) is 6.10 Å². The zero-order valence-corrected chi connectivity index (χ0v) is 16.5. The lowest BCUT2D eigenvalue weighted by atomic mass is 10.0. The average molecular weight is 426 g/mol. The van der Waals surface area contributed by atoms with Gasteiger partial charge in [0.05, 0.1) is 25.9 Å². The van der Waals surface area contributed by atoms with Crippen molar-refractivity contribution in [3.05, 3.63) is 71.8 Å². The molecule has 0 aliphatic rings. The van der Waals surface area contributed by atoms with E-state index in [0.29, 0.717) is 5.56 Å². The fourth-order valence-corrected chi connectivity index (χ4v) is 2.79. The van der Waals surface area contributed by atoms with Crippen molar-refractivity contribution >= 4 is 5.97 Å². The molecule has 0 spiro atoms. The lowest BCUT2D eigenvalue weighted by Gasteiger charge is -2.32. The normalized spacial score (nSPS) is 14.7. The number of carbonyl (C=O) groups is 1. The van der Waals surface area contributed by atoms with E-state index in [4.69, 9.17) is 14.2 Å². The van der Waals surface area contributed by atoms with E-state index in [2.05, 4.69) is 0 Å². The minimum atomic E-state index is -4.91. The molecule has 30 heavy (non-hydrogen) atoms. The van der Waals surface area contributed by atoms with Crippen LogP contribution in [0.5, 0.6) is 0 Å². The summed E-state index contributed by atoms with van der Waals surface area (Å²) in [5.74, 6) is -0.560. The molecule has 0 saturated heterocycles. The monoisotopic (exact) mass is 426 g/mol. The maximum absolute atomic E-state index is 13.3. The number of halogens is 3. The number of hydrogen-bond acceptors (Lipinski definition) is 5. The fraction of sp³-hybridized carbons (Fsp3) is 0.409. The number of benzene rings is 2. The molecular weight excluding hydrogens is 401 g/mol. The maximum atomic E-state index is 13.3. The van der Waals surface area contributed by atoms with Gasteiger partial charge in [-0.2, -0.15) is 13.2 Å². The molecule has 0 fully saturated rings. The van der Waals surface area contributed by atoms with Crippen LogP contribution in [-0.4, -0.2) is 42.2 Å². The molecule has 0 unspecified atom stereocenters. The number of carbonyl (C=O) groups excluding carboxylic acids is 1. The molecule has 0 aliphatic carbocycles. The van der Waals surface area contributed by atoms with Gasteiger partial charge < -0.3 is 19.3 Å². The third-order valence-electron chi connectivity index (χ3n) is 4.31. The quantitative estimate of drug-likeness (QED) is 0.550. The van der Waals surface area contributed by atoms with Gasteiger partial charge in [0.25, 0.3) is 0 Å². The highest BCUT2D eigenvalue weighted by Gasteiger charge is 2.47. The van der Waals surface area contributed by atoms with Gasteiger partial charge >= 0.3 is 12.1 Å². The Kier molecular flexibility index (Phi) is 9.29. The summed E-state index contributed by atoms with van der Waals surface area (Å²) in [6.07, 6.45) is -10.6. The summed E-state index contributed by atoms with van der Waals surface area (Å²) in [7, 11) is 0. The SMILES string of the molecule is CC(=O)OCC[C@H](OCc1ccccc1)[C@H](OCc1ccccc1)[C@H](O)C(F)(F)F. The van der Waals surface area contributed by atoms with Crippen molar-refractivity contribution in [2.75, 3.05) is 6.61 Å². The first kappa shape index (κ1) is 23.9. The Bertz CT molecular complexity index is 752. The summed E-state index contributed by atoms with van der Waals surface area (Å²) >= 11 is 0. The number of esters is 1. The molecule has 0 radical (unpaired) electrons. The van der Waals surface area contributed by atoms with Crippen LogP contribution in [0.4, 0.5) is 13.2 Å². The standard InChI is InChI=1S/C22H25F3O5/c1-16(26)28-13-12-19(29-14-17-8-4-2-5-9-17)20(21(27)22(23,24)25)30-15-18-10-6-3-7-11-18/h2-11,19-21,27H,12-15H2,1H3/t19-,20-,21-/m0/s1. The predicted molar refractivity (Wildman–Crippen MR) is 103 cm³/mol. The van der Waals surface area contributed by atoms with Gasteiger partial charge in [0.15, 0.2) is 6.10 Å². The molecule has 2 aromatic carbocycles. The van der Waals surface area contributed by atoms with Crippen molar-refractivity contribution < 1.29 is 37.3 Å². The van der Waals surface area contributed by atoms with E-state index >= 15 is 0 Å². The molecule has 8 heteroatoms. The van der Waals surface area contributed by atoms with Gasteiger partial charge in [-0.3, -0.25) is 4.79 Å². The van der Waals surface area contributed by atoms with Crippen LogP contribution in [0.15, 0.2) is 60.7 Å². The number of ether oxygens (including phenoxy) is 3. The van der Waals surface area contributed by atoms with Gasteiger partial charge in [-0.05, 0) is 11.1 Å². The van der Waals surface area contributed by atoms with Crippen molar-refractivity contribution in [1.29, 1.82) is 0 Å². The van der Waals surface area contributed by atoms with Crippen LogP contribution >= 0.6 is 0 Å². The van der Waals surface area contributed by atoms with Crippen molar-refractivity contribution in [3.8, 4) is 0 Å². The smallest absolute Gasteiger partial charge is 0.417 e. The van der Waals surface area contributed by atoms with Gasteiger partial charge in [0, 0.05) is 13.3 Å². The zero-order chi connectivity index (χ0) is 22.0. The summed E-state index contributed by atoms with van der Waals surface area (Å²) in [6, 6.07) is 17.5. The van der Waals surface area contributed by atoms with E-state index in [9.17, 15) is 23.1 Å². The lowest BCUT2D eigenvalue weighted by molar-refractivity contribution is -0.257. The molecule has 5 nitrogen and oxygen atoms in total. The molecule has 2 aromatic rings. The van der Waals surface area contributed by atoms with Gasteiger partial charge in [-0.1, -0.05) is 60.7 Å². The first-order valence-electron chi connectivity index (χ1n) is 9.46. The van der Waals surface area contributed by atoms with Gasteiger partial charge in [-0.15, -0.1) is 0 Å². The summed E-state index contributed by atoms with van der Waals surface area (Å²) in [5, 5.41) is 9.96. The van der Waals surface area contributed by atoms with Crippen LogP contribution in [0.3, 0.4) is 0 Å². The van der Waals surface area contributed by atoms with E-state index in [1.165, 1.54) is 6.92 Å². The van der Waals surface area contributed by atoms with Crippen LogP contribution in [-0.2, 0) is 32.2 Å². The molecular formula is C22H25F3O5. The molecule has 2 rings (SSSR count). The topological polar surface area (TPSA) is 65.0 Å². The highest BCUT2D eigenvalue weighted by Crippen LogP contribution is 2.28. The average Bonchev–Trinajstić information content (AvgIpc) is 2.72. The molecule has 0 amide bonds. The lowest BCUT2D eigenvalue weighted by Crippen LogP contribution is -2.49. The molecule has 0 heterocycles. The first-order valence-corrected chi connectivity index (χ1v) is 9.46. The molecule has 0 bridgehead atoms. The molecule has 3 atom stereocenters. The van der Waals surface area contributed by atoms with E-state index in [-0.39, 0.29) is 26.2 Å². The predicted octanol–water partition coefficient (Wildman–Crippen LogP) is 4.03. The number of aliphatic hydroxyl groups is 1. The Labute approximate surface area is 173 Å². The van der Waals surface area contributed by atoms with Crippen LogP contribution < -0.4 is 0 Å². The Morgan fingerprint density at radius 3 is 1.90 bits per heavy atom. The Balaban J connectivity index is 2.17. The van der Waals surface area contributed by atoms with Crippen LogP contribution in [0.25, 0.3) is 0 Å². The second-order valence-electron chi connectivity index (χ2n) is 6.71. The largest absolute Gasteiger partial charge is 0.466 e. The fourth-order valence-electron chi connectivity index (χ4n) is 2.79. The summed E-state index contributed by atoms with van der Waals surface area (Å²) in [5.41, 5.74) is 1.40. The molecule has 0 saturated carbocycles. The highest BCUT2D eigenvalue weighted by atomic mass is 19.4. The van der Waals surface area contributed by atoms with Crippen LogP contribution in [0.2, 0.25) is 0 Å². The summed E-state index contributed by atoms with van der Waals surface area (Å²) < 4.78 is 56.0. The van der Waals surface area contributed by atoms with Gasteiger partial charge in [-0.25, -0.2) is 0 Å². The third-order valence-corrected chi connectivity index (χ3v) is 4.31. The highest BCUT2D eigenvalue weighted by molar-refractivity contribution is 5.65. The number of hydrogen-bond donors (Lipinski definition) is 1. The first-order chi connectivity index (χ1) is 14.3. The zero-order valence-electron chi connectivity index (χ0n) is 16.5. The van der Waals surface area contributed by atoms with Crippen LogP contribution in [0.1, 0.15) is 24.5 Å². The molecule has 1 N–H and O–H groups in total. The maximum Gasteiger partial charge on any atom is 0.417 e. The number of aliphatic hydroxyl groups excluding tert-OH is 1. The van der Waals surface area contributed by atoms with Gasteiger partial charge in [0.2, 0.25) is 0 Å². The van der Waals surface area contributed by atoms with E-state index in [0.717, 1.165) is 5.56 Å². The molecule has 0 aromatic heterocycles. The Hall–Kier alpha value is -2.42. The Morgan fingerprint density at radius 2 is 1.43 bits per heavy atom. The van der Waals surface area contributed by atoms with Crippen molar-refractivity contribution in [2.45, 2.75) is 51.0 Å². The Morgan fingerprint density at radius 1 is 0.933 bits per heavy atom. The second-order valence-corrected chi connectivity index (χ2v) is 6.71. The van der Waals surface area contributed by atoms with Crippen molar-refractivity contribution in [3.63, 3.8) is 0 Å². The van der Waals surface area contributed by atoms with E-state index < -0.39 is 30.5 Å². The van der Waals surface area contributed by atoms with Crippen LogP contribution in [0, 0.1) is 0 Å². The van der Waals surface area contributed by atoms with E-state index in [1.54, 1.807) is 60.7 Å². The number of alkyl halides is 3. The van der Waals surface area contributed by atoms with Crippen molar-refractivity contribution in [1.82, 2.24) is 0 Å². The second kappa shape index (κ2) is 11.7. The van der Waals surface area contributed by atoms with Crippen molar-refractivity contribution in [2.24, 2.45) is 0 Å². The number of rotatable bonds is 11.